The number of carbonyl (C=O) groups is 3. The molecule has 0 saturated carbocycles. The number of carboxylic acids is 1. The van der Waals surface area contributed by atoms with Gasteiger partial charge in [0.2, 0.25) is 0 Å². The highest BCUT2D eigenvalue weighted by molar-refractivity contribution is 6.34. The third-order valence-corrected chi connectivity index (χ3v) is 6.84. The molecule has 0 aromatic heterocycles. The van der Waals surface area contributed by atoms with Crippen molar-refractivity contribution in [3.63, 3.8) is 0 Å². The second-order valence-electron chi connectivity index (χ2n) is 9.00. The van der Waals surface area contributed by atoms with Crippen molar-refractivity contribution in [2.24, 2.45) is 5.92 Å². The van der Waals surface area contributed by atoms with Crippen LogP contribution in [-0.4, -0.2) is 40.1 Å². The minimum Gasteiger partial charge on any atom is -0.508 e. The van der Waals surface area contributed by atoms with E-state index in [1.165, 1.54) is 18.2 Å². The molecule has 0 radical (unpaired) electrons. The standard InChI is InChI=1S/C28H28ClN3O5/c1-2-23(16-6-5-7-19(33)12-16)31-26(34)17-10-11-21(22(29)13-17)27(35)32-25(28(36)37)14-18-15-30-24-9-4-3-8-20(18)24/h3-13,15,20,23-25,30,33H,2,14H2,1H3,(H,31,34)(H,32,35)(H,36,37)/t20?,23?,24?,25-/m0/s1. The third-order valence-electron chi connectivity index (χ3n) is 6.53. The topological polar surface area (TPSA) is 128 Å². The SMILES string of the molecule is CCC(NC(=O)c1ccc(C(=O)N[C@@H](CC2=CNC3C=CC=CC23)C(=O)O)c(Cl)c1)c1cccc(O)c1. The third kappa shape index (κ3) is 6.03. The number of nitrogens with one attached hydrogen (secondary N) is 3. The van der Waals surface area contributed by atoms with Crippen LogP contribution in [0.15, 0.2) is 78.5 Å². The van der Waals surface area contributed by atoms with E-state index < -0.39 is 23.8 Å². The molecule has 1 aliphatic carbocycles. The first kappa shape index (κ1) is 26.0. The van der Waals surface area contributed by atoms with Gasteiger partial charge in [-0.3, -0.25) is 9.59 Å². The Morgan fingerprint density at radius 3 is 2.54 bits per heavy atom. The molecular formula is C28H28ClN3O5. The Kier molecular flexibility index (Phi) is 7.98. The number of carboxylic acid groups (broad SMARTS) is 1. The summed E-state index contributed by atoms with van der Waals surface area (Å²) < 4.78 is 0. The van der Waals surface area contributed by atoms with Gasteiger partial charge in [0.1, 0.15) is 11.8 Å². The Balaban J connectivity index is 1.42. The number of hydrogen-bond acceptors (Lipinski definition) is 5. The van der Waals surface area contributed by atoms with Gasteiger partial charge in [-0.2, -0.15) is 0 Å². The van der Waals surface area contributed by atoms with Gasteiger partial charge in [0.15, 0.2) is 0 Å². The molecule has 0 saturated heterocycles. The van der Waals surface area contributed by atoms with Gasteiger partial charge < -0.3 is 26.2 Å². The monoisotopic (exact) mass is 521 g/mol. The lowest BCUT2D eigenvalue weighted by Crippen LogP contribution is -2.41. The van der Waals surface area contributed by atoms with Gasteiger partial charge in [0.05, 0.1) is 22.7 Å². The minimum absolute atomic E-state index is 0.0295. The first-order chi connectivity index (χ1) is 17.8. The lowest BCUT2D eigenvalue weighted by atomic mass is 9.88. The Morgan fingerprint density at radius 1 is 1.05 bits per heavy atom. The largest absolute Gasteiger partial charge is 0.508 e. The fourth-order valence-electron chi connectivity index (χ4n) is 4.53. The van der Waals surface area contributed by atoms with Gasteiger partial charge in [0, 0.05) is 17.9 Å². The number of halogens is 1. The average Bonchev–Trinajstić information content (AvgIpc) is 3.29. The van der Waals surface area contributed by atoms with Crippen LogP contribution in [0.2, 0.25) is 5.02 Å². The number of aromatic hydroxyl groups is 1. The van der Waals surface area contributed by atoms with Gasteiger partial charge in [-0.25, -0.2) is 4.79 Å². The summed E-state index contributed by atoms with van der Waals surface area (Å²) in [5.74, 6) is -2.04. The molecule has 5 N–H and O–H groups in total. The molecule has 2 aliphatic rings. The number of rotatable bonds is 9. The van der Waals surface area contributed by atoms with E-state index in [1.54, 1.807) is 24.4 Å². The van der Waals surface area contributed by atoms with E-state index >= 15 is 0 Å². The Hall–Kier alpha value is -4.04. The fraction of sp³-hybridized carbons (Fsp3) is 0.250. The zero-order chi connectivity index (χ0) is 26.5. The summed E-state index contributed by atoms with van der Waals surface area (Å²) >= 11 is 6.34. The number of amides is 2. The molecule has 0 fully saturated rings. The number of phenols is 1. The molecule has 4 atom stereocenters. The van der Waals surface area contributed by atoms with Crippen LogP contribution in [0.25, 0.3) is 0 Å². The van der Waals surface area contributed by atoms with Crippen molar-refractivity contribution in [1.82, 2.24) is 16.0 Å². The quantitative estimate of drug-likeness (QED) is 0.338. The molecule has 2 aromatic carbocycles. The number of fused-ring (bicyclic) bond motifs is 1. The molecule has 1 heterocycles. The fourth-order valence-corrected chi connectivity index (χ4v) is 4.80. The summed E-state index contributed by atoms with van der Waals surface area (Å²) in [6, 6.07) is 9.52. The van der Waals surface area contributed by atoms with Crippen LogP contribution in [0.1, 0.15) is 52.1 Å². The molecule has 2 amide bonds. The second-order valence-corrected chi connectivity index (χ2v) is 9.41. The first-order valence-electron chi connectivity index (χ1n) is 12.0. The number of hydrogen-bond donors (Lipinski definition) is 5. The summed E-state index contributed by atoms with van der Waals surface area (Å²) in [6.07, 6.45) is 10.4. The van der Waals surface area contributed by atoms with Crippen molar-refractivity contribution in [1.29, 1.82) is 0 Å². The molecule has 0 bridgehead atoms. The van der Waals surface area contributed by atoms with Crippen LogP contribution >= 0.6 is 11.6 Å². The molecule has 8 nitrogen and oxygen atoms in total. The lowest BCUT2D eigenvalue weighted by molar-refractivity contribution is -0.139. The van der Waals surface area contributed by atoms with E-state index in [0.717, 1.165) is 11.1 Å². The van der Waals surface area contributed by atoms with Gasteiger partial charge in [-0.05, 0) is 54.1 Å². The van der Waals surface area contributed by atoms with E-state index in [2.05, 4.69) is 16.0 Å². The van der Waals surface area contributed by atoms with Gasteiger partial charge in [0.25, 0.3) is 11.8 Å². The molecule has 37 heavy (non-hydrogen) atoms. The van der Waals surface area contributed by atoms with Gasteiger partial charge >= 0.3 is 5.97 Å². The molecule has 4 rings (SSSR count). The van der Waals surface area contributed by atoms with Crippen LogP contribution in [0.5, 0.6) is 5.75 Å². The van der Waals surface area contributed by atoms with E-state index in [-0.39, 0.29) is 46.3 Å². The number of allylic oxidation sites excluding steroid dienone is 2. The highest BCUT2D eigenvalue weighted by Gasteiger charge is 2.31. The summed E-state index contributed by atoms with van der Waals surface area (Å²) in [4.78, 5) is 37.7. The summed E-state index contributed by atoms with van der Waals surface area (Å²) in [5.41, 5.74) is 1.96. The maximum atomic E-state index is 12.9. The summed E-state index contributed by atoms with van der Waals surface area (Å²) in [7, 11) is 0. The molecule has 192 valence electrons. The highest BCUT2D eigenvalue weighted by Crippen LogP contribution is 2.30. The number of phenolic OH excluding ortho intramolecular Hbond substituents is 1. The van der Waals surface area contributed by atoms with E-state index in [0.29, 0.717) is 6.42 Å². The van der Waals surface area contributed by atoms with E-state index in [1.807, 2.05) is 37.3 Å². The van der Waals surface area contributed by atoms with Crippen molar-refractivity contribution in [2.45, 2.75) is 37.9 Å². The Morgan fingerprint density at radius 2 is 1.84 bits per heavy atom. The Bertz CT molecular complexity index is 1300. The zero-order valence-electron chi connectivity index (χ0n) is 20.1. The van der Waals surface area contributed by atoms with Crippen LogP contribution in [0.3, 0.4) is 0 Å². The van der Waals surface area contributed by atoms with Crippen LogP contribution in [0, 0.1) is 5.92 Å². The Labute approximate surface area is 219 Å². The maximum Gasteiger partial charge on any atom is 0.326 e. The predicted octanol–water partition coefficient (Wildman–Crippen LogP) is 4.10. The van der Waals surface area contributed by atoms with Crippen molar-refractivity contribution in [3.05, 3.63) is 100 Å². The smallest absolute Gasteiger partial charge is 0.326 e. The second kappa shape index (κ2) is 11.3. The number of benzene rings is 2. The number of carbonyl (C=O) groups excluding carboxylic acids is 2. The lowest BCUT2D eigenvalue weighted by Gasteiger charge is -2.21. The zero-order valence-corrected chi connectivity index (χ0v) is 20.9. The normalized spacial score (nSPS) is 19.2. The summed E-state index contributed by atoms with van der Waals surface area (Å²) in [6.45, 7) is 1.91. The molecule has 1 aliphatic heterocycles. The van der Waals surface area contributed by atoms with Gasteiger partial charge in [-0.15, -0.1) is 0 Å². The van der Waals surface area contributed by atoms with Gasteiger partial charge in [-0.1, -0.05) is 55.0 Å². The van der Waals surface area contributed by atoms with Crippen LogP contribution in [0.4, 0.5) is 0 Å². The predicted molar refractivity (Wildman–Crippen MR) is 140 cm³/mol. The molecule has 9 heteroatoms. The van der Waals surface area contributed by atoms with Crippen molar-refractivity contribution in [3.8, 4) is 5.75 Å². The maximum absolute atomic E-state index is 12.9. The number of aliphatic carboxylic acids is 1. The van der Waals surface area contributed by atoms with E-state index in [4.69, 9.17) is 11.6 Å². The first-order valence-corrected chi connectivity index (χ1v) is 12.4. The van der Waals surface area contributed by atoms with Crippen LogP contribution in [-0.2, 0) is 4.79 Å². The highest BCUT2D eigenvalue weighted by atomic mass is 35.5. The molecular weight excluding hydrogens is 494 g/mol. The van der Waals surface area contributed by atoms with Crippen molar-refractivity contribution in [2.75, 3.05) is 0 Å². The van der Waals surface area contributed by atoms with E-state index in [9.17, 15) is 24.6 Å². The summed E-state index contributed by atoms with van der Waals surface area (Å²) in [5, 5.41) is 28.2. The minimum atomic E-state index is -1.15. The van der Waals surface area contributed by atoms with Crippen LogP contribution < -0.4 is 16.0 Å². The van der Waals surface area contributed by atoms with Crippen molar-refractivity contribution >= 4 is 29.4 Å². The van der Waals surface area contributed by atoms with Crippen molar-refractivity contribution < 1.29 is 24.6 Å². The molecule has 2 aromatic rings. The molecule has 3 unspecified atom stereocenters. The molecule has 0 spiro atoms. The average molecular weight is 522 g/mol.